The number of rotatable bonds is 2. The summed E-state index contributed by atoms with van der Waals surface area (Å²) in [4.78, 5) is 29.4. The molecule has 0 atom stereocenters. The van der Waals surface area contributed by atoms with Crippen LogP contribution in [0, 0.1) is 0 Å². The number of anilines is 1. The molecule has 1 aliphatic heterocycles. The van der Waals surface area contributed by atoms with Gasteiger partial charge in [-0.25, -0.2) is 0 Å². The molecule has 0 aliphatic carbocycles. The number of thiocarbonyl (C=S) groups is 1. The highest BCUT2D eigenvalue weighted by Crippen LogP contribution is 2.32. The van der Waals surface area contributed by atoms with Crippen molar-refractivity contribution < 1.29 is 9.59 Å². The van der Waals surface area contributed by atoms with Gasteiger partial charge in [0.2, 0.25) is 0 Å². The Bertz CT molecular complexity index is 1360. The van der Waals surface area contributed by atoms with Crippen molar-refractivity contribution in [3.8, 4) is 0 Å². The van der Waals surface area contributed by atoms with E-state index in [1.165, 1.54) is 9.80 Å². The number of carbonyl (C=O) groups excluding carboxylic acids is 2. The largest absolute Gasteiger partial charge is 0.287 e. The van der Waals surface area contributed by atoms with Crippen molar-refractivity contribution in [1.29, 1.82) is 0 Å². The van der Waals surface area contributed by atoms with Gasteiger partial charge in [-0.1, -0.05) is 66.7 Å². The zero-order chi connectivity index (χ0) is 21.5. The predicted molar refractivity (Wildman–Crippen MR) is 129 cm³/mol. The Balaban J connectivity index is 1.76. The van der Waals surface area contributed by atoms with E-state index in [1.54, 1.807) is 25.3 Å². The lowest BCUT2D eigenvalue weighted by atomic mass is 9.94. The van der Waals surface area contributed by atoms with Crippen molar-refractivity contribution >= 4 is 62.5 Å². The van der Waals surface area contributed by atoms with Crippen LogP contribution in [0.15, 0.2) is 90.5 Å². The first-order valence-corrected chi connectivity index (χ1v) is 10.3. The smallest absolute Gasteiger partial charge is 0.270 e. The van der Waals surface area contributed by atoms with Crippen LogP contribution < -0.4 is 4.90 Å². The molecule has 0 spiro atoms. The molecule has 1 saturated heterocycles. The van der Waals surface area contributed by atoms with Crippen molar-refractivity contribution in [3.05, 3.63) is 96.1 Å². The second-order valence-corrected chi connectivity index (χ2v) is 7.78. The summed E-state index contributed by atoms with van der Waals surface area (Å²) in [6.07, 6.45) is 1.71. The van der Waals surface area contributed by atoms with Gasteiger partial charge in [-0.2, -0.15) is 0 Å². The van der Waals surface area contributed by atoms with E-state index in [4.69, 9.17) is 12.2 Å². The van der Waals surface area contributed by atoms with Crippen LogP contribution >= 0.6 is 12.2 Å². The number of fused-ring (bicyclic) bond motifs is 2. The molecule has 5 rings (SSSR count). The van der Waals surface area contributed by atoms with E-state index in [1.807, 2.05) is 66.7 Å². The van der Waals surface area contributed by atoms with E-state index in [0.717, 1.165) is 27.1 Å². The molecule has 0 saturated carbocycles. The Labute approximate surface area is 185 Å². The Kier molecular flexibility index (Phi) is 4.60. The van der Waals surface area contributed by atoms with Gasteiger partial charge in [-0.3, -0.25) is 19.4 Å². The molecule has 0 aromatic heterocycles. The molecule has 2 amide bonds. The first-order valence-electron chi connectivity index (χ1n) is 9.90. The van der Waals surface area contributed by atoms with Crippen LogP contribution in [-0.4, -0.2) is 28.9 Å². The number of para-hydroxylation sites is 1. The number of hydrogen-bond donors (Lipinski definition) is 0. The van der Waals surface area contributed by atoms with Gasteiger partial charge in [-0.15, -0.1) is 0 Å². The van der Waals surface area contributed by atoms with Crippen LogP contribution in [0.4, 0.5) is 5.69 Å². The van der Waals surface area contributed by atoms with E-state index in [2.05, 4.69) is 6.07 Å². The van der Waals surface area contributed by atoms with E-state index in [0.29, 0.717) is 5.69 Å². The molecule has 31 heavy (non-hydrogen) atoms. The maximum absolute atomic E-state index is 13.5. The maximum atomic E-state index is 13.5. The molecule has 4 aromatic carbocycles. The minimum absolute atomic E-state index is 0.0847. The molecule has 0 N–H and O–H groups in total. The second kappa shape index (κ2) is 7.45. The highest BCUT2D eigenvalue weighted by atomic mass is 32.1. The van der Waals surface area contributed by atoms with Crippen LogP contribution in [0.1, 0.15) is 5.56 Å². The van der Waals surface area contributed by atoms with Gasteiger partial charge in [-0.05, 0) is 63.6 Å². The van der Waals surface area contributed by atoms with E-state index in [9.17, 15) is 9.59 Å². The molecule has 1 heterocycles. The third kappa shape index (κ3) is 3.10. The SMILES string of the molecule is CN1C(=O)/C(=C/c2c3ccccc3cc3ccccc23)C(=O)N(c2ccccc2)C1=S. The molecule has 1 aliphatic rings. The lowest BCUT2D eigenvalue weighted by Gasteiger charge is -2.34. The van der Waals surface area contributed by atoms with Crippen molar-refractivity contribution in [3.63, 3.8) is 0 Å². The molecular formula is C26H18N2O2S. The fourth-order valence-electron chi connectivity index (χ4n) is 3.99. The van der Waals surface area contributed by atoms with Crippen molar-refractivity contribution in [2.45, 2.75) is 0 Å². The monoisotopic (exact) mass is 422 g/mol. The van der Waals surface area contributed by atoms with Gasteiger partial charge in [0.05, 0.1) is 5.69 Å². The number of hydrogen-bond acceptors (Lipinski definition) is 3. The Morgan fingerprint density at radius 1 is 0.742 bits per heavy atom. The second-order valence-electron chi connectivity index (χ2n) is 7.41. The number of benzene rings is 4. The summed E-state index contributed by atoms with van der Waals surface area (Å²) in [7, 11) is 1.60. The molecule has 5 heteroatoms. The highest BCUT2D eigenvalue weighted by molar-refractivity contribution is 7.80. The maximum Gasteiger partial charge on any atom is 0.270 e. The summed E-state index contributed by atoms with van der Waals surface area (Å²) in [6.45, 7) is 0. The van der Waals surface area contributed by atoms with E-state index < -0.39 is 11.8 Å². The van der Waals surface area contributed by atoms with Crippen molar-refractivity contribution in [2.75, 3.05) is 11.9 Å². The topological polar surface area (TPSA) is 40.6 Å². The van der Waals surface area contributed by atoms with Crippen LogP contribution in [-0.2, 0) is 9.59 Å². The van der Waals surface area contributed by atoms with Crippen molar-refractivity contribution in [1.82, 2.24) is 4.90 Å². The average molecular weight is 423 g/mol. The van der Waals surface area contributed by atoms with Gasteiger partial charge < -0.3 is 0 Å². The lowest BCUT2D eigenvalue weighted by Crippen LogP contribution is -2.54. The van der Waals surface area contributed by atoms with Gasteiger partial charge in [0.25, 0.3) is 11.8 Å². The molecule has 4 nitrogen and oxygen atoms in total. The van der Waals surface area contributed by atoms with E-state index >= 15 is 0 Å². The minimum atomic E-state index is -0.420. The average Bonchev–Trinajstić information content (AvgIpc) is 2.80. The number of likely N-dealkylation sites (N-methyl/N-ethyl adjacent to an activating group) is 1. The Morgan fingerprint density at radius 2 is 1.29 bits per heavy atom. The number of carbonyl (C=O) groups is 2. The zero-order valence-corrected chi connectivity index (χ0v) is 17.6. The molecule has 4 aromatic rings. The summed E-state index contributed by atoms with van der Waals surface area (Å²) in [5.74, 6) is -0.824. The fraction of sp³-hybridized carbons (Fsp3) is 0.0385. The Hall–Kier alpha value is -3.83. The third-order valence-electron chi connectivity index (χ3n) is 5.56. The summed E-state index contributed by atoms with van der Waals surface area (Å²) in [5, 5.41) is 4.23. The summed E-state index contributed by atoms with van der Waals surface area (Å²) in [5.41, 5.74) is 1.56. The number of nitrogens with zero attached hydrogens (tertiary/aromatic N) is 2. The molecule has 0 unspecified atom stereocenters. The molecule has 0 bridgehead atoms. The third-order valence-corrected chi connectivity index (χ3v) is 6.02. The lowest BCUT2D eigenvalue weighted by molar-refractivity contribution is -0.127. The molecular weight excluding hydrogens is 404 g/mol. The fourth-order valence-corrected chi connectivity index (χ4v) is 4.26. The predicted octanol–water partition coefficient (Wildman–Crippen LogP) is 5.17. The first-order chi connectivity index (χ1) is 15.1. The molecule has 150 valence electrons. The standard InChI is InChI=1S/C26H18N2O2S/c1-27-24(29)23(25(30)28(26(27)31)19-11-3-2-4-12-19)16-22-20-13-7-5-9-17(20)15-18-10-6-8-14-21(18)22/h2-16H,1H3/b23-16-. The van der Waals surface area contributed by atoms with Crippen LogP contribution in [0.5, 0.6) is 0 Å². The molecule has 0 radical (unpaired) electrons. The summed E-state index contributed by atoms with van der Waals surface area (Å²) < 4.78 is 0. The van der Waals surface area contributed by atoms with Gasteiger partial charge in [0, 0.05) is 7.05 Å². The van der Waals surface area contributed by atoms with Gasteiger partial charge in [0.1, 0.15) is 5.57 Å². The van der Waals surface area contributed by atoms with E-state index in [-0.39, 0.29) is 10.7 Å². The number of amides is 2. The van der Waals surface area contributed by atoms with Crippen LogP contribution in [0.25, 0.3) is 27.6 Å². The van der Waals surface area contributed by atoms with Crippen molar-refractivity contribution in [2.24, 2.45) is 0 Å². The quantitative estimate of drug-likeness (QED) is 0.194. The highest BCUT2D eigenvalue weighted by Gasteiger charge is 2.38. The zero-order valence-electron chi connectivity index (χ0n) is 16.8. The van der Waals surface area contributed by atoms with Gasteiger partial charge in [0.15, 0.2) is 5.11 Å². The summed E-state index contributed by atoms with van der Waals surface area (Å²) >= 11 is 5.44. The Morgan fingerprint density at radius 3 is 1.90 bits per heavy atom. The summed E-state index contributed by atoms with van der Waals surface area (Å²) in [6, 6.07) is 27.2. The van der Waals surface area contributed by atoms with Crippen LogP contribution in [0.3, 0.4) is 0 Å². The van der Waals surface area contributed by atoms with Crippen LogP contribution in [0.2, 0.25) is 0 Å². The van der Waals surface area contributed by atoms with Gasteiger partial charge >= 0.3 is 0 Å². The molecule has 1 fully saturated rings. The first kappa shape index (κ1) is 19.2. The minimum Gasteiger partial charge on any atom is -0.287 e. The normalized spacial score (nSPS) is 16.0.